The molecule has 0 spiro atoms. The molecule has 1 aromatic carbocycles. The van der Waals surface area contributed by atoms with E-state index < -0.39 is 17.5 Å². The van der Waals surface area contributed by atoms with Crippen molar-refractivity contribution in [3.63, 3.8) is 0 Å². The predicted octanol–water partition coefficient (Wildman–Crippen LogP) is 2.15. The van der Waals surface area contributed by atoms with Crippen LogP contribution in [-0.4, -0.2) is 22.6 Å². The van der Waals surface area contributed by atoms with Crippen LogP contribution in [0.1, 0.15) is 24.8 Å². The molecule has 0 radical (unpaired) electrons. The minimum absolute atomic E-state index is 0.265. The molecular formula is C13H15ClN2O3. The van der Waals surface area contributed by atoms with Gasteiger partial charge in [-0.25, -0.2) is 9.59 Å². The predicted molar refractivity (Wildman–Crippen MR) is 71.0 cm³/mol. The Kier molecular flexibility index (Phi) is 3.95. The van der Waals surface area contributed by atoms with Gasteiger partial charge in [-0.05, 0) is 30.9 Å². The van der Waals surface area contributed by atoms with E-state index in [4.69, 9.17) is 16.7 Å². The Morgan fingerprint density at radius 1 is 1.32 bits per heavy atom. The Morgan fingerprint density at radius 3 is 2.53 bits per heavy atom. The number of nitrogens with one attached hydrogen (secondary N) is 2. The fraction of sp³-hybridized carbons (Fsp3) is 0.385. The number of aliphatic carboxylic acids is 1. The topological polar surface area (TPSA) is 78.4 Å². The second-order valence-electron chi connectivity index (χ2n) is 4.64. The van der Waals surface area contributed by atoms with Crippen LogP contribution in [0, 0.1) is 0 Å². The summed E-state index contributed by atoms with van der Waals surface area (Å²) >= 11 is 5.96. The number of amides is 2. The van der Waals surface area contributed by atoms with Gasteiger partial charge in [-0.15, -0.1) is 0 Å². The number of hydrogen-bond donors (Lipinski definition) is 3. The summed E-state index contributed by atoms with van der Waals surface area (Å²) in [7, 11) is 0. The molecule has 3 N–H and O–H groups in total. The van der Waals surface area contributed by atoms with Crippen molar-refractivity contribution in [2.24, 2.45) is 0 Å². The molecule has 0 unspecified atom stereocenters. The molecule has 1 fully saturated rings. The molecule has 0 heterocycles. The van der Waals surface area contributed by atoms with Crippen molar-refractivity contribution >= 4 is 23.6 Å². The quantitative estimate of drug-likeness (QED) is 0.792. The maximum atomic E-state index is 11.7. The number of carbonyl (C=O) groups is 2. The first kappa shape index (κ1) is 13.7. The van der Waals surface area contributed by atoms with Gasteiger partial charge in [-0.3, -0.25) is 0 Å². The van der Waals surface area contributed by atoms with Gasteiger partial charge in [0.1, 0.15) is 5.54 Å². The van der Waals surface area contributed by atoms with Gasteiger partial charge >= 0.3 is 12.0 Å². The SMILES string of the molecule is O=C(NCc1ccccc1Cl)NC1(C(=O)O)CCC1. The number of urea groups is 1. The van der Waals surface area contributed by atoms with Gasteiger partial charge in [-0.2, -0.15) is 0 Å². The van der Waals surface area contributed by atoms with E-state index in [1.165, 1.54) is 0 Å². The van der Waals surface area contributed by atoms with E-state index in [0.29, 0.717) is 17.9 Å². The summed E-state index contributed by atoms with van der Waals surface area (Å²) < 4.78 is 0. The molecule has 1 aromatic rings. The summed E-state index contributed by atoms with van der Waals surface area (Å²) in [5.41, 5.74) is -0.304. The molecule has 1 aliphatic carbocycles. The van der Waals surface area contributed by atoms with Crippen LogP contribution in [0.5, 0.6) is 0 Å². The van der Waals surface area contributed by atoms with E-state index in [1.54, 1.807) is 18.2 Å². The standard InChI is InChI=1S/C13H15ClN2O3/c14-10-5-2-1-4-9(10)8-15-12(19)16-13(11(17)18)6-3-7-13/h1-2,4-5H,3,6-8H2,(H,17,18)(H2,15,16,19). The molecule has 6 heteroatoms. The van der Waals surface area contributed by atoms with Gasteiger partial charge in [0.25, 0.3) is 0 Å². The molecule has 102 valence electrons. The van der Waals surface area contributed by atoms with Crippen molar-refractivity contribution < 1.29 is 14.7 Å². The fourth-order valence-electron chi connectivity index (χ4n) is 2.00. The molecule has 5 nitrogen and oxygen atoms in total. The van der Waals surface area contributed by atoms with Crippen LogP contribution >= 0.6 is 11.6 Å². The summed E-state index contributed by atoms with van der Waals surface area (Å²) in [5.74, 6) is -0.980. The normalized spacial score (nSPS) is 16.3. The monoisotopic (exact) mass is 282 g/mol. The Labute approximate surface area is 116 Å². The maximum Gasteiger partial charge on any atom is 0.329 e. The van der Waals surface area contributed by atoms with E-state index >= 15 is 0 Å². The lowest BCUT2D eigenvalue weighted by atomic mass is 9.77. The van der Waals surface area contributed by atoms with Crippen molar-refractivity contribution in [3.8, 4) is 0 Å². The minimum Gasteiger partial charge on any atom is -0.480 e. The van der Waals surface area contributed by atoms with Gasteiger partial charge in [0.2, 0.25) is 0 Å². The number of carbonyl (C=O) groups excluding carboxylic acids is 1. The minimum atomic E-state index is -1.09. The van der Waals surface area contributed by atoms with Gasteiger partial charge in [0.05, 0.1) is 0 Å². The fourth-order valence-corrected chi connectivity index (χ4v) is 2.20. The van der Waals surface area contributed by atoms with E-state index in [9.17, 15) is 9.59 Å². The van der Waals surface area contributed by atoms with Gasteiger partial charge in [0.15, 0.2) is 0 Å². The summed E-state index contributed by atoms with van der Waals surface area (Å²) in [6, 6.07) is 6.69. The highest BCUT2D eigenvalue weighted by Crippen LogP contribution is 2.31. The molecule has 2 rings (SSSR count). The lowest BCUT2D eigenvalue weighted by Crippen LogP contribution is -2.61. The number of halogens is 1. The highest BCUT2D eigenvalue weighted by Gasteiger charge is 2.45. The number of carboxylic acid groups (broad SMARTS) is 1. The van der Waals surface area contributed by atoms with Crippen LogP contribution in [0.3, 0.4) is 0 Å². The zero-order chi connectivity index (χ0) is 13.9. The lowest BCUT2D eigenvalue weighted by molar-refractivity contribution is -0.148. The third-order valence-corrected chi connectivity index (χ3v) is 3.74. The number of carboxylic acids is 1. The van der Waals surface area contributed by atoms with Crippen LogP contribution < -0.4 is 10.6 Å². The molecule has 0 aromatic heterocycles. The third kappa shape index (κ3) is 2.98. The first-order valence-corrected chi connectivity index (χ1v) is 6.44. The Morgan fingerprint density at radius 2 is 2.00 bits per heavy atom. The van der Waals surface area contributed by atoms with Gasteiger partial charge < -0.3 is 15.7 Å². The lowest BCUT2D eigenvalue weighted by Gasteiger charge is -2.38. The van der Waals surface area contributed by atoms with Crippen LogP contribution in [0.2, 0.25) is 5.02 Å². The second-order valence-corrected chi connectivity index (χ2v) is 5.05. The van der Waals surface area contributed by atoms with Crippen molar-refractivity contribution in [1.82, 2.24) is 10.6 Å². The van der Waals surface area contributed by atoms with E-state index in [-0.39, 0.29) is 6.54 Å². The molecule has 1 aliphatic rings. The van der Waals surface area contributed by atoms with Crippen molar-refractivity contribution in [3.05, 3.63) is 34.9 Å². The first-order chi connectivity index (χ1) is 9.03. The zero-order valence-corrected chi connectivity index (χ0v) is 11.0. The molecule has 0 atom stereocenters. The molecule has 1 saturated carbocycles. The Balaban J connectivity index is 1.89. The smallest absolute Gasteiger partial charge is 0.329 e. The summed E-state index contributed by atoms with van der Waals surface area (Å²) in [4.78, 5) is 22.8. The Bertz CT molecular complexity index is 500. The van der Waals surface area contributed by atoms with Crippen LogP contribution in [0.4, 0.5) is 4.79 Å². The van der Waals surface area contributed by atoms with Crippen LogP contribution in [0.25, 0.3) is 0 Å². The first-order valence-electron chi connectivity index (χ1n) is 6.06. The number of hydrogen-bond acceptors (Lipinski definition) is 2. The average Bonchev–Trinajstić information content (AvgIpc) is 2.32. The molecule has 0 aliphatic heterocycles. The summed E-state index contributed by atoms with van der Waals surface area (Å²) in [6.07, 6.45) is 1.76. The number of rotatable bonds is 4. The molecule has 0 bridgehead atoms. The highest BCUT2D eigenvalue weighted by molar-refractivity contribution is 6.31. The number of benzene rings is 1. The summed E-state index contributed by atoms with van der Waals surface area (Å²) in [5, 5.41) is 14.8. The average molecular weight is 283 g/mol. The van der Waals surface area contributed by atoms with Crippen molar-refractivity contribution in [2.75, 3.05) is 0 Å². The molecule has 0 saturated heterocycles. The van der Waals surface area contributed by atoms with Crippen molar-refractivity contribution in [2.45, 2.75) is 31.3 Å². The zero-order valence-electron chi connectivity index (χ0n) is 10.3. The Hall–Kier alpha value is -1.75. The second kappa shape index (κ2) is 5.48. The summed E-state index contributed by atoms with van der Waals surface area (Å²) in [6.45, 7) is 0.265. The third-order valence-electron chi connectivity index (χ3n) is 3.37. The van der Waals surface area contributed by atoms with Gasteiger partial charge in [-0.1, -0.05) is 29.8 Å². The van der Waals surface area contributed by atoms with E-state index in [1.807, 2.05) is 6.07 Å². The van der Waals surface area contributed by atoms with Gasteiger partial charge in [0, 0.05) is 11.6 Å². The highest BCUT2D eigenvalue weighted by atomic mass is 35.5. The molecule has 2 amide bonds. The van der Waals surface area contributed by atoms with Crippen LogP contribution in [0.15, 0.2) is 24.3 Å². The molecular weight excluding hydrogens is 268 g/mol. The molecule has 19 heavy (non-hydrogen) atoms. The van der Waals surface area contributed by atoms with Crippen LogP contribution in [-0.2, 0) is 11.3 Å². The van der Waals surface area contributed by atoms with Crippen molar-refractivity contribution in [1.29, 1.82) is 0 Å². The van der Waals surface area contributed by atoms with E-state index in [0.717, 1.165) is 12.0 Å². The maximum absolute atomic E-state index is 11.7. The largest absolute Gasteiger partial charge is 0.480 e. The van der Waals surface area contributed by atoms with E-state index in [2.05, 4.69) is 10.6 Å².